The fourth-order valence-electron chi connectivity index (χ4n) is 4.21. The molecule has 6 rings (SSSR count). The first-order valence-electron chi connectivity index (χ1n) is 10.3. The molecule has 1 aromatic heterocycles. The third-order valence-electron chi connectivity index (χ3n) is 5.87. The van der Waals surface area contributed by atoms with E-state index in [1.807, 2.05) is 13.0 Å². The van der Waals surface area contributed by atoms with Crippen molar-refractivity contribution < 1.29 is 23.6 Å². The number of amides is 4. The molecular weight excluding hydrogens is 438 g/mol. The molecule has 9 heteroatoms. The summed E-state index contributed by atoms with van der Waals surface area (Å²) in [5.41, 5.74) is 1.22. The summed E-state index contributed by atoms with van der Waals surface area (Å²) in [7, 11) is 0. The van der Waals surface area contributed by atoms with Crippen molar-refractivity contribution in [3.05, 3.63) is 98.9 Å². The Kier molecular flexibility index (Phi) is 3.94. The molecule has 0 saturated carbocycles. The molecule has 34 heavy (non-hydrogen) atoms. The normalized spacial score (nSPS) is 14.9. The first kappa shape index (κ1) is 19.7. The lowest BCUT2D eigenvalue weighted by Crippen LogP contribution is -2.49. The third-order valence-corrected chi connectivity index (χ3v) is 5.87. The predicted molar refractivity (Wildman–Crippen MR) is 118 cm³/mol. The number of hydrazine groups is 1. The topological polar surface area (TPSA) is 118 Å². The van der Waals surface area contributed by atoms with Crippen LogP contribution in [0.3, 0.4) is 0 Å². The number of nitrogens with zero attached hydrogens (tertiary/aromatic N) is 3. The van der Waals surface area contributed by atoms with E-state index in [0.29, 0.717) is 26.5 Å². The van der Waals surface area contributed by atoms with Gasteiger partial charge in [0.15, 0.2) is 0 Å². The van der Waals surface area contributed by atoms with Crippen LogP contribution in [0.5, 0.6) is 0 Å². The summed E-state index contributed by atoms with van der Waals surface area (Å²) in [6, 6.07) is 15.5. The molecule has 9 nitrogen and oxygen atoms in total. The first-order chi connectivity index (χ1) is 16.3. The average molecular weight is 451 g/mol. The van der Waals surface area contributed by atoms with Crippen LogP contribution in [0.4, 0.5) is 0 Å². The molecule has 0 unspecified atom stereocenters. The van der Waals surface area contributed by atoms with E-state index in [0.717, 1.165) is 5.56 Å². The van der Waals surface area contributed by atoms with E-state index in [9.17, 15) is 24.0 Å². The molecule has 4 amide bonds. The molecule has 2 aliphatic heterocycles. The van der Waals surface area contributed by atoms with Crippen molar-refractivity contribution in [2.24, 2.45) is 0 Å². The Labute approximate surface area is 190 Å². The van der Waals surface area contributed by atoms with Crippen molar-refractivity contribution in [1.82, 2.24) is 15.0 Å². The van der Waals surface area contributed by atoms with E-state index in [-0.39, 0.29) is 28.1 Å². The van der Waals surface area contributed by atoms with Gasteiger partial charge in [0.2, 0.25) is 5.89 Å². The number of carbonyl (C=O) groups excluding carboxylic acids is 4. The maximum Gasteiger partial charge on any atom is 0.347 e. The van der Waals surface area contributed by atoms with E-state index in [4.69, 9.17) is 4.42 Å². The van der Waals surface area contributed by atoms with Crippen LogP contribution in [0.15, 0.2) is 69.9 Å². The highest BCUT2D eigenvalue weighted by Gasteiger charge is 2.48. The number of hydrogen-bond acceptors (Lipinski definition) is 7. The number of hydrogen-bond donors (Lipinski definition) is 0. The summed E-state index contributed by atoms with van der Waals surface area (Å²) in [5, 5.41) is 1.44. The monoisotopic (exact) mass is 451 g/mol. The summed E-state index contributed by atoms with van der Waals surface area (Å²) in [6.45, 7) is 1.84. The second-order valence-corrected chi connectivity index (χ2v) is 7.98. The van der Waals surface area contributed by atoms with Gasteiger partial charge in [-0.15, -0.1) is 0 Å². The van der Waals surface area contributed by atoms with Gasteiger partial charge in [-0.05, 0) is 49.4 Å². The van der Waals surface area contributed by atoms with Crippen LogP contribution < -0.4 is 5.63 Å². The molecule has 0 fully saturated rings. The standard InChI is InChI=1S/C25H13N3O6/c1-12-6-9-19-18(10-12)25(33)34-20(26-19)13-7-8-16-17(11-13)24(32)28(23(16)31)27-21(29)14-4-2-3-5-15(14)22(27)30/h2-11H,1H3. The SMILES string of the molecule is Cc1ccc2nc(-c3ccc4c(c3)C(=O)N(N3C(=O)c5ccccc5C3=O)C4=O)oc(=O)c2c1. The Hall–Kier alpha value is -4.92. The zero-order chi connectivity index (χ0) is 23.7. The van der Waals surface area contributed by atoms with Crippen LogP contribution in [0.25, 0.3) is 22.4 Å². The Morgan fingerprint density at radius 2 is 1.26 bits per heavy atom. The van der Waals surface area contributed by atoms with Gasteiger partial charge in [0.25, 0.3) is 23.6 Å². The Morgan fingerprint density at radius 3 is 1.91 bits per heavy atom. The minimum Gasteiger partial charge on any atom is -0.403 e. The highest BCUT2D eigenvalue weighted by molar-refractivity contribution is 6.28. The molecule has 0 spiro atoms. The van der Waals surface area contributed by atoms with Crippen molar-refractivity contribution in [1.29, 1.82) is 0 Å². The molecule has 3 aromatic carbocycles. The Morgan fingerprint density at radius 1 is 0.676 bits per heavy atom. The van der Waals surface area contributed by atoms with Gasteiger partial charge in [-0.2, -0.15) is 10.0 Å². The highest BCUT2D eigenvalue weighted by atomic mass is 16.4. The molecule has 0 bridgehead atoms. The second-order valence-electron chi connectivity index (χ2n) is 7.98. The molecule has 164 valence electrons. The van der Waals surface area contributed by atoms with Crippen molar-refractivity contribution in [2.75, 3.05) is 0 Å². The van der Waals surface area contributed by atoms with Crippen LogP contribution in [0, 0.1) is 6.92 Å². The van der Waals surface area contributed by atoms with Gasteiger partial charge in [-0.1, -0.05) is 23.8 Å². The molecule has 3 heterocycles. The predicted octanol–water partition coefficient (Wildman–Crippen LogP) is 2.97. The van der Waals surface area contributed by atoms with E-state index in [2.05, 4.69) is 4.98 Å². The lowest BCUT2D eigenvalue weighted by atomic mass is 10.1. The van der Waals surface area contributed by atoms with E-state index in [1.54, 1.807) is 24.3 Å². The fraction of sp³-hybridized carbons (Fsp3) is 0.0400. The van der Waals surface area contributed by atoms with E-state index in [1.165, 1.54) is 30.3 Å². The first-order valence-corrected chi connectivity index (χ1v) is 10.3. The number of aryl methyl sites for hydroxylation is 1. The molecule has 4 aromatic rings. The molecule has 0 aliphatic carbocycles. The zero-order valence-corrected chi connectivity index (χ0v) is 17.6. The minimum atomic E-state index is -0.838. The van der Waals surface area contributed by atoms with E-state index >= 15 is 0 Å². The van der Waals surface area contributed by atoms with Gasteiger partial charge in [0.05, 0.1) is 33.2 Å². The van der Waals surface area contributed by atoms with Gasteiger partial charge >= 0.3 is 5.63 Å². The smallest absolute Gasteiger partial charge is 0.347 e. The van der Waals surface area contributed by atoms with Gasteiger partial charge in [0.1, 0.15) is 0 Å². The van der Waals surface area contributed by atoms with Gasteiger partial charge < -0.3 is 4.42 Å². The summed E-state index contributed by atoms with van der Waals surface area (Å²) >= 11 is 0. The number of fused-ring (bicyclic) bond motifs is 3. The van der Waals surface area contributed by atoms with Gasteiger partial charge in [-0.3, -0.25) is 19.2 Å². The molecule has 0 saturated heterocycles. The van der Waals surface area contributed by atoms with Crippen LogP contribution in [0.1, 0.15) is 47.0 Å². The number of aromatic nitrogens is 1. The number of benzene rings is 3. The van der Waals surface area contributed by atoms with Crippen molar-refractivity contribution >= 4 is 34.5 Å². The van der Waals surface area contributed by atoms with Crippen LogP contribution in [0.2, 0.25) is 0 Å². The molecule has 0 atom stereocenters. The summed E-state index contributed by atoms with van der Waals surface area (Å²) in [5.74, 6) is -3.18. The highest BCUT2D eigenvalue weighted by Crippen LogP contribution is 2.33. The second kappa shape index (κ2) is 6.79. The average Bonchev–Trinajstić information content (AvgIpc) is 3.23. The Bertz CT molecular complexity index is 1650. The van der Waals surface area contributed by atoms with Crippen LogP contribution >= 0.6 is 0 Å². The quantitative estimate of drug-likeness (QED) is 0.430. The van der Waals surface area contributed by atoms with Crippen molar-refractivity contribution in [3.8, 4) is 11.5 Å². The number of carbonyl (C=O) groups is 4. The van der Waals surface area contributed by atoms with Crippen LogP contribution in [-0.2, 0) is 0 Å². The molecular formula is C25H13N3O6. The van der Waals surface area contributed by atoms with Gasteiger partial charge in [0, 0.05) is 5.56 Å². The van der Waals surface area contributed by atoms with E-state index < -0.39 is 29.3 Å². The van der Waals surface area contributed by atoms with Crippen molar-refractivity contribution in [2.45, 2.75) is 6.92 Å². The molecule has 0 radical (unpaired) electrons. The number of rotatable bonds is 2. The summed E-state index contributed by atoms with van der Waals surface area (Å²) in [4.78, 5) is 68.7. The Balaban J connectivity index is 1.42. The minimum absolute atomic E-state index is 0.0177. The summed E-state index contributed by atoms with van der Waals surface area (Å²) in [6.07, 6.45) is 0. The largest absolute Gasteiger partial charge is 0.403 e. The molecule has 2 aliphatic rings. The summed E-state index contributed by atoms with van der Waals surface area (Å²) < 4.78 is 5.36. The number of imide groups is 2. The van der Waals surface area contributed by atoms with Gasteiger partial charge in [-0.25, -0.2) is 9.78 Å². The van der Waals surface area contributed by atoms with Crippen LogP contribution in [-0.4, -0.2) is 38.6 Å². The zero-order valence-electron chi connectivity index (χ0n) is 17.6. The fourth-order valence-corrected chi connectivity index (χ4v) is 4.21. The molecule has 0 N–H and O–H groups in total. The lowest BCUT2D eigenvalue weighted by Gasteiger charge is -2.23. The maximum absolute atomic E-state index is 13.2. The van der Waals surface area contributed by atoms with Crippen molar-refractivity contribution in [3.63, 3.8) is 0 Å². The third kappa shape index (κ3) is 2.61. The lowest BCUT2D eigenvalue weighted by molar-refractivity contribution is 0.00845. The maximum atomic E-state index is 13.2.